The highest BCUT2D eigenvalue weighted by molar-refractivity contribution is 5.00. The minimum absolute atomic E-state index is 0.879. The van der Waals surface area contributed by atoms with E-state index in [0.717, 1.165) is 19.7 Å². The van der Waals surface area contributed by atoms with Crippen molar-refractivity contribution in [2.75, 3.05) is 0 Å². The molecule has 0 saturated carbocycles. The van der Waals surface area contributed by atoms with E-state index < -0.39 is 19.8 Å². The van der Waals surface area contributed by atoms with Crippen LogP contribution in [-0.4, -0.2) is 7.85 Å². The second-order valence-corrected chi connectivity index (χ2v) is 13.9. The summed E-state index contributed by atoms with van der Waals surface area (Å²) in [7, 11) is 0. The van der Waals surface area contributed by atoms with E-state index in [9.17, 15) is 0 Å². The lowest BCUT2D eigenvalue weighted by Gasteiger charge is -2.26. The first kappa shape index (κ1) is 21.0. The second-order valence-electron chi connectivity index (χ2n) is 7.15. The van der Waals surface area contributed by atoms with Gasteiger partial charge in [-0.2, -0.15) is 0 Å². The van der Waals surface area contributed by atoms with Crippen molar-refractivity contribution in [3.63, 3.8) is 0 Å². The molecule has 4 unspecified atom stereocenters. The van der Waals surface area contributed by atoms with E-state index in [1.54, 1.807) is 3.57 Å². The maximum absolute atomic E-state index is 2.46. The highest BCUT2D eigenvalue weighted by Gasteiger charge is 2.40. The van der Waals surface area contributed by atoms with Crippen LogP contribution < -0.4 is 19.8 Å². The van der Waals surface area contributed by atoms with Crippen molar-refractivity contribution in [1.29, 1.82) is 0 Å². The number of hydrogen-bond donors (Lipinski definition) is 0. The summed E-state index contributed by atoms with van der Waals surface area (Å²) in [6.45, 7) is 14.5. The third-order valence-electron chi connectivity index (χ3n) is 5.25. The van der Waals surface area contributed by atoms with Crippen LogP contribution in [-0.2, 0) is 0 Å². The van der Waals surface area contributed by atoms with E-state index in [2.05, 4.69) is 71.9 Å². The summed E-state index contributed by atoms with van der Waals surface area (Å²) in [5.41, 5.74) is 0. The molecule has 0 bridgehead atoms. The first-order chi connectivity index (χ1) is 11.1. The van der Waals surface area contributed by atoms with Crippen molar-refractivity contribution >= 4 is 0 Å². The summed E-state index contributed by atoms with van der Waals surface area (Å²) in [6.07, 6.45) is 8.31. The molecule has 1 aromatic carbocycles. The van der Waals surface area contributed by atoms with Crippen molar-refractivity contribution in [2.24, 2.45) is 11.8 Å². The van der Waals surface area contributed by atoms with Crippen molar-refractivity contribution in [3.8, 4) is 0 Å². The number of halogens is 1. The van der Waals surface area contributed by atoms with E-state index in [0.29, 0.717) is 0 Å². The Kier molecular flexibility index (Phi) is 10.5. The van der Waals surface area contributed by atoms with E-state index in [4.69, 9.17) is 0 Å². The SMILES string of the molecule is CCC(C)CC(CC)[I+](c1ccccc1)C(CC)CC(C)CC. The fourth-order valence-corrected chi connectivity index (χ4v) is 12.7. The van der Waals surface area contributed by atoms with Crippen LogP contribution in [0.3, 0.4) is 0 Å². The Morgan fingerprint density at radius 1 is 0.696 bits per heavy atom. The monoisotopic (exact) mass is 430 g/mol. The number of hydrogen-bond acceptors (Lipinski definition) is 0. The van der Waals surface area contributed by atoms with Gasteiger partial charge in [-0.15, -0.1) is 0 Å². The Balaban J connectivity index is 3.08. The zero-order valence-corrected chi connectivity index (χ0v) is 18.5. The van der Waals surface area contributed by atoms with Crippen LogP contribution in [0.1, 0.15) is 80.1 Å². The average molecular weight is 430 g/mol. The van der Waals surface area contributed by atoms with Gasteiger partial charge < -0.3 is 0 Å². The van der Waals surface area contributed by atoms with Crippen molar-refractivity contribution in [3.05, 3.63) is 33.9 Å². The standard InChI is InChI=1S/C22H39I/c1-7-18(5)16-20(9-3)23(22-14-12-11-13-15-22)21(10-4)17-19(6)8-2/h11-15,18-21H,7-10,16-17H2,1-6H3/q+1. The molecule has 133 valence electrons. The van der Waals surface area contributed by atoms with Gasteiger partial charge in [0, 0.05) is 0 Å². The lowest BCUT2D eigenvalue weighted by Crippen LogP contribution is -3.91. The molecular weight excluding hydrogens is 391 g/mol. The van der Waals surface area contributed by atoms with Crippen LogP contribution in [0.5, 0.6) is 0 Å². The van der Waals surface area contributed by atoms with Crippen LogP contribution >= 0.6 is 0 Å². The van der Waals surface area contributed by atoms with Gasteiger partial charge in [0.1, 0.15) is 31.2 Å². The molecule has 0 aliphatic heterocycles. The van der Waals surface area contributed by atoms with Crippen LogP contribution in [0.2, 0.25) is 0 Å². The zero-order valence-electron chi connectivity index (χ0n) is 16.3. The highest BCUT2D eigenvalue weighted by atomic mass is 127. The van der Waals surface area contributed by atoms with Gasteiger partial charge in [-0.25, -0.2) is 0 Å². The molecule has 0 aliphatic rings. The molecular formula is C22H39I+. The summed E-state index contributed by atoms with van der Waals surface area (Å²) >= 11 is -1.18. The Hall–Kier alpha value is -0.0500. The normalized spacial score (nSPS) is 17.0. The van der Waals surface area contributed by atoms with Gasteiger partial charge in [0.2, 0.25) is 0 Å². The van der Waals surface area contributed by atoms with Crippen molar-refractivity contribution < 1.29 is 19.8 Å². The molecule has 0 nitrogen and oxygen atoms in total. The summed E-state index contributed by atoms with van der Waals surface area (Å²) < 4.78 is 3.69. The Morgan fingerprint density at radius 2 is 1.13 bits per heavy atom. The Morgan fingerprint density at radius 3 is 1.48 bits per heavy atom. The minimum atomic E-state index is -1.18. The molecule has 1 radical (unpaired) electrons. The van der Waals surface area contributed by atoms with Crippen molar-refractivity contribution in [1.82, 2.24) is 0 Å². The van der Waals surface area contributed by atoms with Gasteiger partial charge >= 0.3 is 0 Å². The van der Waals surface area contributed by atoms with E-state index in [1.807, 2.05) is 0 Å². The zero-order chi connectivity index (χ0) is 17.2. The fraction of sp³-hybridized carbons (Fsp3) is 0.727. The first-order valence-corrected chi connectivity index (χ1v) is 13.4. The van der Waals surface area contributed by atoms with Gasteiger partial charge in [0.05, 0.1) is 0 Å². The summed E-state index contributed by atoms with van der Waals surface area (Å²) in [5.74, 6) is 1.76. The second kappa shape index (κ2) is 11.5. The molecule has 0 spiro atoms. The summed E-state index contributed by atoms with van der Waals surface area (Å²) in [6, 6.07) is 11.6. The molecule has 1 rings (SSSR count). The number of alkyl halides is 2. The molecule has 0 N–H and O–H groups in total. The van der Waals surface area contributed by atoms with E-state index in [-0.39, 0.29) is 0 Å². The summed E-state index contributed by atoms with van der Waals surface area (Å²) in [4.78, 5) is 0. The Labute approximate surface area is 153 Å². The van der Waals surface area contributed by atoms with Crippen LogP contribution in [0.4, 0.5) is 0 Å². The third-order valence-corrected chi connectivity index (χ3v) is 14.0. The van der Waals surface area contributed by atoms with Crippen LogP contribution in [0.25, 0.3) is 0 Å². The topological polar surface area (TPSA) is 0 Å². The minimum Gasteiger partial charge on any atom is -0.0651 e. The molecule has 0 aromatic heterocycles. The first-order valence-electron chi connectivity index (χ1n) is 9.79. The Bertz CT molecular complexity index is 380. The van der Waals surface area contributed by atoms with E-state index >= 15 is 0 Å². The van der Waals surface area contributed by atoms with Gasteiger partial charge in [-0.1, -0.05) is 72.6 Å². The summed E-state index contributed by atoms with van der Waals surface area (Å²) in [5, 5.41) is 0. The van der Waals surface area contributed by atoms with Gasteiger partial charge in [-0.05, 0) is 49.7 Å². The average Bonchev–Trinajstić information content (AvgIpc) is 2.60. The molecule has 1 aromatic rings. The van der Waals surface area contributed by atoms with E-state index in [1.165, 1.54) is 38.5 Å². The highest BCUT2D eigenvalue weighted by Crippen LogP contribution is 2.12. The molecule has 0 fully saturated rings. The smallest absolute Gasteiger partial charge is 0.0651 e. The number of benzene rings is 1. The lowest BCUT2D eigenvalue weighted by atomic mass is 10.0. The van der Waals surface area contributed by atoms with Crippen LogP contribution in [0, 0.1) is 15.4 Å². The maximum atomic E-state index is 2.46. The quantitative estimate of drug-likeness (QED) is 0.369. The molecule has 0 heterocycles. The van der Waals surface area contributed by atoms with Gasteiger partial charge in [0.15, 0.2) is 0 Å². The predicted molar refractivity (Wildman–Crippen MR) is 101 cm³/mol. The predicted octanol–water partition coefficient (Wildman–Crippen LogP) is 3.91. The van der Waals surface area contributed by atoms with Crippen LogP contribution in [0.15, 0.2) is 30.3 Å². The largest absolute Gasteiger partial charge is 0.146 e. The van der Waals surface area contributed by atoms with Gasteiger partial charge in [0.25, 0.3) is 0 Å². The lowest BCUT2D eigenvalue weighted by molar-refractivity contribution is -0.931. The number of rotatable bonds is 11. The molecule has 1 heteroatoms. The molecule has 0 aliphatic carbocycles. The molecule has 0 saturated heterocycles. The fourth-order valence-electron chi connectivity index (χ4n) is 3.23. The molecule has 4 atom stereocenters. The maximum Gasteiger partial charge on any atom is 0.146 e. The van der Waals surface area contributed by atoms with Crippen molar-refractivity contribution in [2.45, 2.75) is 87.9 Å². The van der Waals surface area contributed by atoms with Gasteiger partial charge in [-0.3, -0.25) is 0 Å². The molecule has 23 heavy (non-hydrogen) atoms. The molecule has 0 amide bonds. The third kappa shape index (κ3) is 6.76.